The van der Waals surface area contributed by atoms with Crippen LogP contribution >= 0.6 is 0 Å². The lowest BCUT2D eigenvalue weighted by Gasteiger charge is -2.32. The number of aryl methyl sites for hydroxylation is 1. The average Bonchev–Trinajstić information content (AvgIpc) is 3.13. The molecule has 8 heteroatoms. The van der Waals surface area contributed by atoms with Crippen molar-refractivity contribution in [1.82, 2.24) is 14.5 Å². The predicted octanol–water partition coefficient (Wildman–Crippen LogP) is 6.03. The van der Waals surface area contributed by atoms with Crippen LogP contribution in [0.15, 0.2) is 48.5 Å². The molecule has 0 spiro atoms. The van der Waals surface area contributed by atoms with Gasteiger partial charge < -0.3 is 15.0 Å². The number of rotatable bonds is 7. The van der Waals surface area contributed by atoms with Crippen LogP contribution in [-0.2, 0) is 6.54 Å². The summed E-state index contributed by atoms with van der Waals surface area (Å²) in [5.74, 6) is -2.42. The average molecular weight is 477 g/mol. The van der Waals surface area contributed by atoms with Crippen LogP contribution in [0.25, 0.3) is 22.3 Å². The lowest BCUT2D eigenvalue weighted by atomic mass is 9.80. The summed E-state index contributed by atoms with van der Waals surface area (Å²) >= 11 is 0. The molecule has 6 nitrogen and oxygen atoms in total. The van der Waals surface area contributed by atoms with Crippen LogP contribution in [0.4, 0.5) is 14.6 Å². The second-order valence-electron chi connectivity index (χ2n) is 9.29. The first-order chi connectivity index (χ1) is 16.8. The lowest BCUT2D eigenvalue weighted by Crippen LogP contribution is -2.31. The highest BCUT2D eigenvalue weighted by Gasteiger charge is 2.27. The van der Waals surface area contributed by atoms with E-state index in [1.807, 2.05) is 41.8 Å². The van der Waals surface area contributed by atoms with Crippen molar-refractivity contribution in [2.24, 2.45) is 5.92 Å². The normalized spacial score (nSPS) is 14.6. The number of hydrogen-bond donors (Lipinski definition) is 2. The van der Waals surface area contributed by atoms with Crippen LogP contribution in [0.1, 0.15) is 47.9 Å². The van der Waals surface area contributed by atoms with E-state index >= 15 is 0 Å². The van der Waals surface area contributed by atoms with Crippen molar-refractivity contribution < 1.29 is 18.7 Å². The number of aromatic nitrogens is 3. The SMILES string of the molecule is Cc1cccc(-c2cc3nc(C(=O)O)nc(N[C@H](C)C4CCC4)c3n2Cc2ccc(F)c(F)c2)c1. The number of anilines is 1. The highest BCUT2D eigenvalue weighted by molar-refractivity contribution is 5.95. The number of halogens is 2. The molecule has 2 N–H and O–H groups in total. The minimum atomic E-state index is -1.21. The van der Waals surface area contributed by atoms with Gasteiger partial charge in [-0.3, -0.25) is 0 Å². The summed E-state index contributed by atoms with van der Waals surface area (Å²) in [7, 11) is 0. The monoisotopic (exact) mass is 476 g/mol. The molecule has 0 radical (unpaired) electrons. The summed E-state index contributed by atoms with van der Waals surface area (Å²) in [6, 6.07) is 13.7. The first-order valence-electron chi connectivity index (χ1n) is 11.7. The summed E-state index contributed by atoms with van der Waals surface area (Å²) in [6.45, 7) is 4.29. The molecule has 1 aliphatic rings. The maximum Gasteiger partial charge on any atom is 0.374 e. The molecule has 1 fully saturated rings. The van der Waals surface area contributed by atoms with Gasteiger partial charge in [-0.2, -0.15) is 0 Å². The molecule has 0 unspecified atom stereocenters. The molecule has 2 heterocycles. The molecule has 2 aromatic heterocycles. The Bertz CT molecular complexity index is 1430. The van der Waals surface area contributed by atoms with Gasteiger partial charge in [0, 0.05) is 12.6 Å². The highest BCUT2D eigenvalue weighted by atomic mass is 19.2. The Kier molecular flexibility index (Phi) is 5.96. The molecule has 0 saturated heterocycles. The maximum absolute atomic E-state index is 14.0. The minimum Gasteiger partial charge on any atom is -0.475 e. The first kappa shape index (κ1) is 23.0. The van der Waals surface area contributed by atoms with Crippen LogP contribution in [0.3, 0.4) is 0 Å². The van der Waals surface area contributed by atoms with Crippen molar-refractivity contribution in [2.75, 3.05) is 5.32 Å². The van der Waals surface area contributed by atoms with Gasteiger partial charge in [0.05, 0.1) is 11.2 Å². The molecule has 0 aliphatic heterocycles. The van der Waals surface area contributed by atoms with Crippen LogP contribution < -0.4 is 5.32 Å². The molecule has 1 aliphatic carbocycles. The molecular formula is C27H26F2N4O2. The van der Waals surface area contributed by atoms with Gasteiger partial charge in [0.25, 0.3) is 0 Å². The molecular weight excluding hydrogens is 450 g/mol. The Balaban J connectivity index is 1.72. The van der Waals surface area contributed by atoms with Crippen LogP contribution in [0, 0.1) is 24.5 Å². The van der Waals surface area contributed by atoms with E-state index in [-0.39, 0.29) is 18.4 Å². The number of nitrogens with one attached hydrogen (secondary N) is 1. The van der Waals surface area contributed by atoms with Crippen molar-refractivity contribution in [3.8, 4) is 11.3 Å². The summed E-state index contributed by atoms with van der Waals surface area (Å²) in [5, 5.41) is 13.1. The Morgan fingerprint density at radius 3 is 2.60 bits per heavy atom. The molecule has 180 valence electrons. The minimum absolute atomic E-state index is 0.0949. The van der Waals surface area contributed by atoms with Gasteiger partial charge in [0.2, 0.25) is 5.82 Å². The van der Waals surface area contributed by atoms with Crippen molar-refractivity contribution in [2.45, 2.75) is 45.7 Å². The Hall–Kier alpha value is -3.81. The fraction of sp³-hybridized carbons (Fsp3) is 0.296. The lowest BCUT2D eigenvalue weighted by molar-refractivity contribution is 0.0684. The van der Waals surface area contributed by atoms with Gasteiger partial charge >= 0.3 is 5.97 Å². The van der Waals surface area contributed by atoms with Crippen LogP contribution in [0.5, 0.6) is 0 Å². The van der Waals surface area contributed by atoms with Crippen molar-refractivity contribution in [3.63, 3.8) is 0 Å². The second kappa shape index (κ2) is 9.09. The van der Waals surface area contributed by atoms with Gasteiger partial charge in [0.1, 0.15) is 5.52 Å². The van der Waals surface area contributed by atoms with Gasteiger partial charge in [-0.1, -0.05) is 36.2 Å². The number of hydrogen-bond acceptors (Lipinski definition) is 4. The smallest absolute Gasteiger partial charge is 0.374 e. The zero-order valence-corrected chi connectivity index (χ0v) is 19.6. The predicted molar refractivity (Wildman–Crippen MR) is 131 cm³/mol. The summed E-state index contributed by atoms with van der Waals surface area (Å²) in [5.41, 5.74) is 4.41. The van der Waals surface area contributed by atoms with Crippen LogP contribution in [0.2, 0.25) is 0 Å². The third-order valence-electron chi connectivity index (χ3n) is 6.80. The molecule has 0 amide bonds. The number of carboxylic acids is 1. The van der Waals surface area contributed by atoms with E-state index < -0.39 is 17.6 Å². The molecule has 1 atom stereocenters. The fourth-order valence-electron chi connectivity index (χ4n) is 4.66. The molecule has 0 bridgehead atoms. The third kappa shape index (κ3) is 4.48. The zero-order chi connectivity index (χ0) is 24.7. The molecule has 1 saturated carbocycles. The molecule has 2 aromatic carbocycles. The Labute approximate surface area is 201 Å². The van der Waals surface area contributed by atoms with Crippen LogP contribution in [-0.4, -0.2) is 31.7 Å². The maximum atomic E-state index is 14.0. The number of aromatic carboxylic acids is 1. The van der Waals surface area contributed by atoms with E-state index in [4.69, 9.17) is 0 Å². The van der Waals surface area contributed by atoms with Crippen molar-refractivity contribution >= 4 is 22.8 Å². The number of carboxylic acid groups (broad SMARTS) is 1. The number of nitrogens with zero attached hydrogens (tertiary/aromatic N) is 3. The number of fused-ring (bicyclic) bond motifs is 1. The molecule has 4 aromatic rings. The second-order valence-corrected chi connectivity index (χ2v) is 9.29. The summed E-state index contributed by atoms with van der Waals surface area (Å²) < 4.78 is 29.6. The van der Waals surface area contributed by atoms with E-state index in [2.05, 4.69) is 22.2 Å². The quantitative estimate of drug-likeness (QED) is 0.340. The summed E-state index contributed by atoms with van der Waals surface area (Å²) in [4.78, 5) is 20.5. The van der Waals surface area contributed by atoms with Crippen molar-refractivity contribution in [1.29, 1.82) is 0 Å². The Morgan fingerprint density at radius 2 is 1.94 bits per heavy atom. The third-order valence-corrected chi connectivity index (χ3v) is 6.80. The molecule has 35 heavy (non-hydrogen) atoms. The summed E-state index contributed by atoms with van der Waals surface area (Å²) in [6.07, 6.45) is 3.40. The van der Waals surface area contributed by atoms with Gasteiger partial charge in [-0.25, -0.2) is 23.5 Å². The largest absolute Gasteiger partial charge is 0.475 e. The van der Waals surface area contributed by atoms with E-state index in [1.54, 1.807) is 6.07 Å². The van der Waals surface area contributed by atoms with E-state index in [1.165, 1.54) is 12.5 Å². The number of carbonyl (C=O) groups is 1. The van der Waals surface area contributed by atoms with Gasteiger partial charge in [0.15, 0.2) is 17.5 Å². The Morgan fingerprint density at radius 1 is 1.14 bits per heavy atom. The van der Waals surface area contributed by atoms with E-state index in [0.717, 1.165) is 35.7 Å². The fourth-order valence-corrected chi connectivity index (χ4v) is 4.66. The molecule has 5 rings (SSSR count). The van der Waals surface area contributed by atoms with Gasteiger partial charge in [-0.15, -0.1) is 0 Å². The van der Waals surface area contributed by atoms with Gasteiger partial charge in [-0.05, 0) is 68.0 Å². The first-order valence-corrected chi connectivity index (χ1v) is 11.7. The standard InChI is InChI=1S/C27H26F2N4O2/c1-15-5-3-8-19(11-15)23-13-22-24(33(23)14-17-9-10-20(28)21(29)12-17)25(32-26(31-22)27(34)35)30-16(2)18-6-4-7-18/h3,5,8-13,16,18H,4,6-7,14H2,1-2H3,(H,34,35)(H,30,31,32)/t16-/m1/s1. The topological polar surface area (TPSA) is 80.0 Å². The highest BCUT2D eigenvalue weighted by Crippen LogP contribution is 2.35. The number of benzene rings is 2. The van der Waals surface area contributed by atoms with Crippen molar-refractivity contribution in [3.05, 3.63) is 77.1 Å². The zero-order valence-electron chi connectivity index (χ0n) is 19.6. The van der Waals surface area contributed by atoms with E-state index in [9.17, 15) is 18.7 Å². The van der Waals surface area contributed by atoms with E-state index in [0.29, 0.717) is 28.3 Å².